The van der Waals surface area contributed by atoms with Gasteiger partial charge in [-0.3, -0.25) is 4.90 Å². The van der Waals surface area contributed by atoms with Crippen molar-refractivity contribution in [2.75, 3.05) is 37.7 Å². The molecule has 2 aromatic rings. The van der Waals surface area contributed by atoms with Crippen molar-refractivity contribution in [2.24, 2.45) is 11.8 Å². The largest absolute Gasteiger partial charge is 0.491 e. The maximum atomic E-state index is 12.3. The lowest BCUT2D eigenvalue weighted by Gasteiger charge is -2.38. The van der Waals surface area contributed by atoms with Crippen LogP contribution in [0.5, 0.6) is 5.75 Å². The molecule has 0 aromatic heterocycles. The van der Waals surface area contributed by atoms with Gasteiger partial charge in [-0.2, -0.15) is 0 Å². The lowest BCUT2D eigenvalue weighted by Crippen LogP contribution is -2.48. The summed E-state index contributed by atoms with van der Waals surface area (Å²) >= 11 is 9.71. The highest BCUT2D eigenvalue weighted by Crippen LogP contribution is 2.30. The average molecular weight is 536 g/mol. The maximum Gasteiger partial charge on any atom is 0.414 e. The van der Waals surface area contributed by atoms with Crippen molar-refractivity contribution in [3.05, 3.63) is 57.5 Å². The van der Waals surface area contributed by atoms with E-state index in [0.29, 0.717) is 30.0 Å². The van der Waals surface area contributed by atoms with Crippen molar-refractivity contribution in [3.8, 4) is 5.75 Å². The Morgan fingerprint density at radius 1 is 1.12 bits per heavy atom. The van der Waals surface area contributed by atoms with E-state index in [1.165, 1.54) is 18.4 Å². The monoisotopic (exact) mass is 534 g/mol. The Hall–Kier alpha value is -1.76. The van der Waals surface area contributed by atoms with Crippen molar-refractivity contribution in [1.29, 1.82) is 0 Å². The van der Waals surface area contributed by atoms with Crippen LogP contribution in [-0.2, 0) is 11.2 Å². The molecule has 0 aliphatic carbocycles. The molecular weight excluding hydrogens is 504 g/mol. The molecule has 0 radical (unpaired) electrons. The zero-order chi connectivity index (χ0) is 23.4. The number of amides is 1. The summed E-state index contributed by atoms with van der Waals surface area (Å²) in [6.45, 7) is 8.38. The third-order valence-electron chi connectivity index (χ3n) is 6.36. The Morgan fingerprint density at radius 2 is 1.85 bits per heavy atom. The summed E-state index contributed by atoms with van der Waals surface area (Å²) in [6, 6.07) is 13.7. The number of hydrogen-bond donors (Lipinski definition) is 0. The fourth-order valence-electron chi connectivity index (χ4n) is 4.70. The van der Waals surface area contributed by atoms with E-state index in [1.807, 2.05) is 30.3 Å². The van der Waals surface area contributed by atoms with Gasteiger partial charge in [-0.05, 0) is 100 Å². The molecule has 0 saturated carbocycles. The molecule has 5 nitrogen and oxygen atoms in total. The van der Waals surface area contributed by atoms with E-state index in [9.17, 15) is 4.79 Å². The van der Waals surface area contributed by atoms with E-state index in [1.54, 1.807) is 4.90 Å². The number of nitrogens with zero attached hydrogens (tertiary/aromatic N) is 2. The van der Waals surface area contributed by atoms with Gasteiger partial charge in [0.2, 0.25) is 0 Å². The number of rotatable bonds is 7. The number of carbonyl (C=O) groups is 1. The van der Waals surface area contributed by atoms with Crippen molar-refractivity contribution in [2.45, 2.75) is 39.2 Å². The smallest absolute Gasteiger partial charge is 0.414 e. The van der Waals surface area contributed by atoms with Crippen LogP contribution in [0.25, 0.3) is 0 Å². The molecule has 0 N–H and O–H groups in total. The minimum Gasteiger partial charge on any atom is -0.491 e. The topological polar surface area (TPSA) is 42.0 Å². The third-order valence-corrected chi connectivity index (χ3v) is 7.39. The second-order valence-electron chi connectivity index (χ2n) is 9.40. The van der Waals surface area contributed by atoms with Gasteiger partial charge in [-0.25, -0.2) is 4.79 Å². The molecule has 0 spiro atoms. The van der Waals surface area contributed by atoms with Gasteiger partial charge in [-0.1, -0.05) is 27.5 Å². The first-order valence-corrected chi connectivity index (χ1v) is 12.9. The molecule has 2 heterocycles. The maximum absolute atomic E-state index is 12.3. The molecule has 7 heteroatoms. The Labute approximate surface area is 210 Å². The lowest BCUT2D eigenvalue weighted by molar-refractivity contribution is 0.0870. The van der Waals surface area contributed by atoms with Crippen molar-refractivity contribution < 1.29 is 14.3 Å². The molecule has 33 heavy (non-hydrogen) atoms. The van der Waals surface area contributed by atoms with Crippen LogP contribution in [0.3, 0.4) is 0 Å². The van der Waals surface area contributed by atoms with Crippen molar-refractivity contribution in [1.82, 2.24) is 4.90 Å². The van der Waals surface area contributed by atoms with Crippen LogP contribution in [-0.4, -0.2) is 49.9 Å². The number of cyclic esters (lactones) is 1. The van der Waals surface area contributed by atoms with Crippen LogP contribution in [0.2, 0.25) is 5.02 Å². The van der Waals surface area contributed by atoms with E-state index in [2.05, 4.69) is 46.8 Å². The first kappa shape index (κ1) is 24.4. The predicted octanol–water partition coefficient (Wildman–Crippen LogP) is 6.42. The zero-order valence-corrected chi connectivity index (χ0v) is 21.6. The number of likely N-dealkylation sites (tertiary alicyclic amines) is 1. The second-order valence-corrected chi connectivity index (χ2v) is 10.7. The summed E-state index contributed by atoms with van der Waals surface area (Å²) in [4.78, 5) is 16.5. The molecular formula is C26H32BrClN2O3. The highest BCUT2D eigenvalue weighted by atomic mass is 79.9. The number of ether oxygens (including phenoxy) is 2. The summed E-state index contributed by atoms with van der Waals surface area (Å²) in [6.07, 6.45) is 3.32. The number of hydrogen-bond acceptors (Lipinski definition) is 4. The van der Waals surface area contributed by atoms with Crippen molar-refractivity contribution in [3.63, 3.8) is 0 Å². The molecule has 2 saturated heterocycles. The molecule has 1 unspecified atom stereocenters. The summed E-state index contributed by atoms with van der Waals surface area (Å²) in [5, 5.41) is 0.662. The zero-order valence-electron chi connectivity index (χ0n) is 19.3. The minimum atomic E-state index is -0.276. The number of benzene rings is 2. The van der Waals surface area contributed by atoms with E-state index in [0.717, 1.165) is 42.0 Å². The first-order chi connectivity index (χ1) is 15.9. The number of carbonyl (C=O) groups excluding carboxylic acids is 1. The molecule has 2 aliphatic rings. The second kappa shape index (κ2) is 11.1. The van der Waals surface area contributed by atoms with Gasteiger partial charge >= 0.3 is 6.09 Å². The van der Waals surface area contributed by atoms with E-state index >= 15 is 0 Å². The summed E-state index contributed by atoms with van der Waals surface area (Å²) < 4.78 is 12.5. The normalized spacial score (nSPS) is 20.2. The Balaban J connectivity index is 1.28. The predicted molar refractivity (Wildman–Crippen MR) is 136 cm³/mol. The van der Waals surface area contributed by atoms with Gasteiger partial charge < -0.3 is 14.4 Å². The van der Waals surface area contributed by atoms with Crippen LogP contribution in [0.1, 0.15) is 32.3 Å². The van der Waals surface area contributed by atoms with E-state index < -0.39 is 0 Å². The summed E-state index contributed by atoms with van der Waals surface area (Å²) in [5.74, 6) is 1.91. The minimum absolute atomic E-state index is 0.178. The molecule has 178 valence electrons. The molecule has 2 fully saturated rings. The number of anilines is 1. The van der Waals surface area contributed by atoms with Crippen LogP contribution >= 0.6 is 27.5 Å². The first-order valence-electron chi connectivity index (χ1n) is 11.7. The molecule has 0 bridgehead atoms. The SMILES string of the molecule is CC(C)Oc1ccc(Br)c(CC2CCN(CC3COC(=O)N(c4ccc(Cl)cc4)C3)CC2)c1. The average Bonchev–Trinajstić information content (AvgIpc) is 2.79. The third kappa shape index (κ3) is 6.65. The molecule has 2 aromatic carbocycles. The van der Waals surface area contributed by atoms with Gasteiger partial charge in [0.25, 0.3) is 0 Å². The van der Waals surface area contributed by atoms with Gasteiger partial charge in [-0.15, -0.1) is 0 Å². The Bertz CT molecular complexity index is 945. The fourth-order valence-corrected chi connectivity index (χ4v) is 5.23. The standard InChI is InChI=1S/C26H32BrClN2O3/c1-18(2)33-24-7-8-25(27)21(14-24)13-19-9-11-29(12-10-19)15-20-16-30(26(31)32-17-20)23-5-3-22(28)4-6-23/h3-8,14,18-20H,9-13,15-17H2,1-2H3. The fraction of sp³-hybridized carbons (Fsp3) is 0.500. The molecule has 2 aliphatic heterocycles. The summed E-state index contributed by atoms with van der Waals surface area (Å²) in [7, 11) is 0. The highest BCUT2D eigenvalue weighted by Gasteiger charge is 2.30. The Kier molecular flexibility index (Phi) is 8.20. The van der Waals surface area contributed by atoms with Gasteiger partial charge in [0.05, 0.1) is 12.7 Å². The van der Waals surface area contributed by atoms with Crippen LogP contribution < -0.4 is 9.64 Å². The number of halogens is 2. The van der Waals surface area contributed by atoms with Crippen LogP contribution in [0.15, 0.2) is 46.9 Å². The molecule has 1 amide bonds. The van der Waals surface area contributed by atoms with E-state index in [-0.39, 0.29) is 12.2 Å². The van der Waals surface area contributed by atoms with Crippen LogP contribution in [0, 0.1) is 11.8 Å². The van der Waals surface area contributed by atoms with Crippen molar-refractivity contribution >= 4 is 39.3 Å². The lowest BCUT2D eigenvalue weighted by atomic mass is 9.89. The van der Waals surface area contributed by atoms with Gasteiger partial charge in [0, 0.05) is 34.2 Å². The van der Waals surface area contributed by atoms with Crippen LogP contribution in [0.4, 0.5) is 10.5 Å². The highest BCUT2D eigenvalue weighted by molar-refractivity contribution is 9.10. The molecule has 1 atom stereocenters. The number of piperidine rings is 1. The molecule has 4 rings (SSSR count). The quantitative estimate of drug-likeness (QED) is 0.410. The summed E-state index contributed by atoms with van der Waals surface area (Å²) in [5.41, 5.74) is 2.16. The van der Waals surface area contributed by atoms with Gasteiger partial charge in [0.15, 0.2) is 0 Å². The Morgan fingerprint density at radius 3 is 2.55 bits per heavy atom. The van der Waals surface area contributed by atoms with Gasteiger partial charge in [0.1, 0.15) is 5.75 Å². The van der Waals surface area contributed by atoms with E-state index in [4.69, 9.17) is 21.1 Å².